The van der Waals surface area contributed by atoms with E-state index in [-0.39, 0.29) is 29.6 Å². The smallest absolute Gasteiger partial charge is 0.435 e. The van der Waals surface area contributed by atoms with Crippen molar-refractivity contribution in [1.29, 1.82) is 0 Å². The number of ether oxygens (including phenoxy) is 1. The van der Waals surface area contributed by atoms with Crippen LogP contribution in [0.25, 0.3) is 0 Å². The molecule has 158 valence electrons. The maximum atomic E-state index is 12.7. The van der Waals surface area contributed by atoms with Gasteiger partial charge >= 0.3 is 12.1 Å². The number of carbonyl (C=O) groups excluding carboxylic acids is 1. The first-order chi connectivity index (χ1) is 14.2. The van der Waals surface area contributed by atoms with Crippen LogP contribution in [0.4, 0.5) is 13.2 Å². The zero-order chi connectivity index (χ0) is 21.9. The molecule has 30 heavy (non-hydrogen) atoms. The molecule has 2 aromatic heterocycles. The molecule has 0 unspecified atom stereocenters. The van der Waals surface area contributed by atoms with Gasteiger partial charge in [0, 0.05) is 5.69 Å². The summed E-state index contributed by atoms with van der Waals surface area (Å²) in [7, 11) is 1.40. The SMILES string of the molecule is COc1cc(/C=N\NC(=O)c2ccc(Cn3nc(C(F)(F)F)cc3C)o2)ccc1O. The minimum Gasteiger partial charge on any atom is -0.504 e. The van der Waals surface area contributed by atoms with Gasteiger partial charge in [-0.3, -0.25) is 9.48 Å². The van der Waals surface area contributed by atoms with Crippen molar-refractivity contribution in [2.45, 2.75) is 19.6 Å². The van der Waals surface area contributed by atoms with E-state index in [2.05, 4.69) is 15.6 Å². The molecule has 0 saturated carbocycles. The van der Waals surface area contributed by atoms with Crippen LogP contribution < -0.4 is 10.2 Å². The van der Waals surface area contributed by atoms with Crippen LogP contribution in [-0.4, -0.2) is 34.1 Å². The number of hydrogen-bond acceptors (Lipinski definition) is 6. The normalized spacial score (nSPS) is 11.8. The molecule has 3 rings (SSSR count). The minimum atomic E-state index is -4.54. The van der Waals surface area contributed by atoms with Crippen molar-refractivity contribution < 1.29 is 32.2 Å². The molecular weight excluding hydrogens is 405 g/mol. The number of phenols is 1. The fraction of sp³-hybridized carbons (Fsp3) is 0.211. The number of carbonyl (C=O) groups is 1. The Bertz CT molecular complexity index is 1090. The lowest BCUT2D eigenvalue weighted by Crippen LogP contribution is -2.16. The molecule has 0 spiro atoms. The number of hydrogen-bond donors (Lipinski definition) is 2. The van der Waals surface area contributed by atoms with Crippen LogP contribution in [0.1, 0.15) is 33.3 Å². The van der Waals surface area contributed by atoms with Crippen LogP contribution in [0.2, 0.25) is 0 Å². The molecule has 8 nitrogen and oxygen atoms in total. The number of aromatic nitrogens is 2. The minimum absolute atomic E-state index is 0.0310. The van der Waals surface area contributed by atoms with Gasteiger partial charge in [-0.15, -0.1) is 0 Å². The zero-order valence-electron chi connectivity index (χ0n) is 15.9. The summed E-state index contributed by atoms with van der Waals surface area (Å²) in [5, 5.41) is 16.9. The lowest BCUT2D eigenvalue weighted by atomic mass is 10.2. The number of amides is 1. The van der Waals surface area contributed by atoms with Crippen molar-refractivity contribution in [3.05, 3.63) is 64.9 Å². The van der Waals surface area contributed by atoms with Gasteiger partial charge in [-0.2, -0.15) is 23.4 Å². The van der Waals surface area contributed by atoms with Crippen molar-refractivity contribution in [1.82, 2.24) is 15.2 Å². The highest BCUT2D eigenvalue weighted by molar-refractivity contribution is 5.92. The van der Waals surface area contributed by atoms with Crippen molar-refractivity contribution in [3.8, 4) is 11.5 Å². The number of furan rings is 1. The number of aryl methyl sites for hydroxylation is 1. The first kappa shape index (κ1) is 21.0. The highest BCUT2D eigenvalue weighted by Gasteiger charge is 2.34. The Kier molecular flexibility index (Phi) is 5.81. The first-order valence-electron chi connectivity index (χ1n) is 8.58. The third kappa shape index (κ3) is 4.80. The average molecular weight is 422 g/mol. The van der Waals surface area contributed by atoms with Gasteiger partial charge in [0.15, 0.2) is 23.0 Å². The lowest BCUT2D eigenvalue weighted by Gasteiger charge is -2.03. The Morgan fingerprint density at radius 3 is 2.77 bits per heavy atom. The summed E-state index contributed by atoms with van der Waals surface area (Å²) in [6, 6.07) is 8.30. The number of phenolic OH excluding ortho intramolecular Hbond substituents is 1. The third-order valence-corrected chi connectivity index (χ3v) is 4.05. The predicted molar refractivity (Wildman–Crippen MR) is 99.5 cm³/mol. The predicted octanol–water partition coefficient (Wildman–Crippen LogP) is 3.33. The Hall–Kier alpha value is -3.76. The Balaban J connectivity index is 1.63. The highest BCUT2D eigenvalue weighted by atomic mass is 19.4. The number of methoxy groups -OCH3 is 1. The largest absolute Gasteiger partial charge is 0.504 e. The number of nitrogens with zero attached hydrogens (tertiary/aromatic N) is 3. The van der Waals surface area contributed by atoms with Gasteiger partial charge in [0.25, 0.3) is 0 Å². The van der Waals surface area contributed by atoms with Crippen LogP contribution in [0.15, 0.2) is 45.9 Å². The van der Waals surface area contributed by atoms with E-state index < -0.39 is 17.8 Å². The van der Waals surface area contributed by atoms with Gasteiger partial charge < -0.3 is 14.3 Å². The molecule has 3 aromatic rings. The van der Waals surface area contributed by atoms with E-state index in [0.717, 1.165) is 10.7 Å². The van der Waals surface area contributed by atoms with Gasteiger partial charge in [-0.05, 0) is 48.9 Å². The standard InChI is InChI=1S/C19H17F3N4O4/c1-11-7-17(19(20,21)22)25-26(11)10-13-4-6-15(30-13)18(28)24-23-9-12-3-5-14(27)16(8-12)29-2/h3-9,27H,10H2,1-2H3,(H,24,28)/b23-9-. The quantitative estimate of drug-likeness (QED) is 0.469. The Labute approximate surface area is 168 Å². The lowest BCUT2D eigenvalue weighted by molar-refractivity contribution is -0.141. The van der Waals surface area contributed by atoms with Gasteiger partial charge in [0.1, 0.15) is 5.76 Å². The molecule has 0 radical (unpaired) electrons. The zero-order valence-corrected chi connectivity index (χ0v) is 15.9. The van der Waals surface area contributed by atoms with Crippen LogP contribution in [0.3, 0.4) is 0 Å². The molecule has 1 amide bonds. The summed E-state index contributed by atoms with van der Waals surface area (Å²) in [5.41, 5.74) is 2.15. The van der Waals surface area contributed by atoms with Crippen LogP contribution in [-0.2, 0) is 12.7 Å². The number of nitrogens with one attached hydrogen (secondary N) is 1. The fourth-order valence-electron chi connectivity index (χ4n) is 2.54. The first-order valence-corrected chi connectivity index (χ1v) is 8.58. The molecule has 0 bridgehead atoms. The van der Waals surface area contributed by atoms with E-state index in [0.29, 0.717) is 11.3 Å². The topological polar surface area (TPSA) is 102 Å². The van der Waals surface area contributed by atoms with Crippen LogP contribution in [0, 0.1) is 6.92 Å². The van der Waals surface area contributed by atoms with Gasteiger partial charge in [0.2, 0.25) is 0 Å². The fourth-order valence-corrected chi connectivity index (χ4v) is 2.54. The van der Waals surface area contributed by atoms with E-state index in [9.17, 15) is 23.1 Å². The van der Waals surface area contributed by atoms with Crippen LogP contribution >= 0.6 is 0 Å². The van der Waals surface area contributed by atoms with Gasteiger partial charge in [-0.25, -0.2) is 5.43 Å². The molecule has 0 aliphatic carbocycles. The number of hydrazone groups is 1. The Morgan fingerprint density at radius 2 is 2.10 bits per heavy atom. The molecule has 0 aliphatic rings. The molecular formula is C19H17F3N4O4. The van der Waals surface area contributed by atoms with Crippen molar-refractivity contribution in [2.75, 3.05) is 7.11 Å². The summed E-state index contributed by atoms with van der Waals surface area (Å²) < 4.78 is 49.7. The summed E-state index contributed by atoms with van der Waals surface area (Å²) in [4.78, 5) is 12.1. The summed E-state index contributed by atoms with van der Waals surface area (Å²) in [6.45, 7) is 1.43. The maximum Gasteiger partial charge on any atom is 0.435 e. The number of aromatic hydroxyl groups is 1. The number of benzene rings is 1. The molecule has 2 heterocycles. The summed E-state index contributed by atoms with van der Waals surface area (Å²) in [6.07, 6.45) is -3.20. The van der Waals surface area contributed by atoms with E-state index >= 15 is 0 Å². The second kappa shape index (κ2) is 8.31. The molecule has 1 aromatic carbocycles. The summed E-state index contributed by atoms with van der Waals surface area (Å²) >= 11 is 0. The third-order valence-electron chi connectivity index (χ3n) is 4.05. The molecule has 0 fully saturated rings. The molecule has 0 aliphatic heterocycles. The average Bonchev–Trinajstić information content (AvgIpc) is 3.30. The maximum absolute atomic E-state index is 12.7. The molecule has 11 heteroatoms. The second-order valence-corrected chi connectivity index (χ2v) is 6.22. The van der Waals surface area contributed by atoms with E-state index in [1.807, 2.05) is 0 Å². The van der Waals surface area contributed by atoms with Gasteiger partial charge in [0.05, 0.1) is 19.9 Å². The highest BCUT2D eigenvalue weighted by Crippen LogP contribution is 2.28. The van der Waals surface area contributed by atoms with E-state index in [1.165, 1.54) is 44.5 Å². The van der Waals surface area contributed by atoms with Crippen molar-refractivity contribution in [3.63, 3.8) is 0 Å². The monoisotopic (exact) mass is 422 g/mol. The van der Waals surface area contributed by atoms with Gasteiger partial charge in [-0.1, -0.05) is 0 Å². The van der Waals surface area contributed by atoms with E-state index in [4.69, 9.17) is 9.15 Å². The number of halogens is 3. The Morgan fingerprint density at radius 1 is 1.33 bits per heavy atom. The van der Waals surface area contributed by atoms with Crippen LogP contribution in [0.5, 0.6) is 11.5 Å². The summed E-state index contributed by atoms with van der Waals surface area (Å²) in [5.74, 6) is -0.227. The van der Waals surface area contributed by atoms with Crippen molar-refractivity contribution in [2.24, 2.45) is 5.10 Å². The molecule has 0 atom stereocenters. The second-order valence-electron chi connectivity index (χ2n) is 6.22. The number of alkyl halides is 3. The molecule has 2 N–H and O–H groups in total. The van der Waals surface area contributed by atoms with Crippen molar-refractivity contribution >= 4 is 12.1 Å². The number of rotatable bonds is 6. The van der Waals surface area contributed by atoms with E-state index in [1.54, 1.807) is 6.07 Å². The molecule has 0 saturated heterocycles.